The van der Waals surface area contributed by atoms with E-state index in [0.717, 1.165) is 0 Å². The van der Waals surface area contributed by atoms with Crippen molar-refractivity contribution in [2.45, 2.75) is 152 Å². The number of ether oxygens (including phenoxy) is 6. The lowest BCUT2D eigenvalue weighted by molar-refractivity contribution is -0.322. The van der Waals surface area contributed by atoms with E-state index in [4.69, 9.17) is 28.4 Å². The van der Waals surface area contributed by atoms with E-state index < -0.39 is 113 Å². The number of aromatic hydroxyl groups is 3. The number of rotatable bonds is 7. The maximum absolute atomic E-state index is 13.7. The van der Waals surface area contributed by atoms with Gasteiger partial charge in [-0.3, -0.25) is 9.59 Å². The van der Waals surface area contributed by atoms with Crippen molar-refractivity contribution in [3.05, 3.63) is 51.6 Å². The number of aliphatic hydroxyl groups is 4. The summed E-state index contributed by atoms with van der Waals surface area (Å²) in [6.07, 6.45) is -7.62. The van der Waals surface area contributed by atoms with Crippen molar-refractivity contribution in [1.29, 1.82) is 0 Å². The summed E-state index contributed by atoms with van der Waals surface area (Å²) in [6.45, 7) is 6.96. The van der Waals surface area contributed by atoms with Crippen molar-refractivity contribution in [2.75, 3.05) is 0 Å². The Morgan fingerprint density at radius 1 is 0.736 bits per heavy atom. The fraction of sp³-hybridized carbons (Fsp3) is 0.632. The van der Waals surface area contributed by atoms with Gasteiger partial charge in [-0.1, -0.05) is 19.1 Å². The topological polar surface area (TPSA) is 231 Å². The van der Waals surface area contributed by atoms with E-state index in [-0.39, 0.29) is 54.0 Å². The third-order valence-corrected chi connectivity index (χ3v) is 11.5. The molecule has 0 aromatic heterocycles. The second-order valence-corrected chi connectivity index (χ2v) is 14.9. The quantitative estimate of drug-likeness (QED) is 0.173. The van der Waals surface area contributed by atoms with Crippen LogP contribution in [0.4, 0.5) is 0 Å². The lowest BCUT2D eigenvalue weighted by Gasteiger charge is -2.45. The Bertz CT molecular complexity index is 1730. The van der Waals surface area contributed by atoms with Crippen molar-refractivity contribution in [2.24, 2.45) is 0 Å². The van der Waals surface area contributed by atoms with Gasteiger partial charge in [-0.2, -0.15) is 0 Å². The maximum Gasteiger partial charge on any atom is 0.202 e. The highest BCUT2D eigenvalue weighted by molar-refractivity contribution is 6.31. The number of hydrogen-bond acceptors (Lipinski definition) is 15. The summed E-state index contributed by atoms with van der Waals surface area (Å²) in [5.74, 6) is -3.69. The van der Waals surface area contributed by atoms with Crippen LogP contribution in [0.25, 0.3) is 0 Å². The lowest BCUT2D eigenvalue weighted by atomic mass is 9.70. The largest absolute Gasteiger partial charge is 0.507 e. The summed E-state index contributed by atoms with van der Waals surface area (Å²) >= 11 is 0. The summed E-state index contributed by atoms with van der Waals surface area (Å²) in [7, 11) is 0. The van der Waals surface area contributed by atoms with E-state index in [0.29, 0.717) is 19.3 Å². The number of phenolic OH excluding ortho intramolecular Hbond substituents is 3. The zero-order valence-corrected chi connectivity index (χ0v) is 30.0. The summed E-state index contributed by atoms with van der Waals surface area (Å²) in [5, 5.41) is 77.5. The van der Waals surface area contributed by atoms with Gasteiger partial charge in [0.2, 0.25) is 5.78 Å². The number of benzene rings is 2. The van der Waals surface area contributed by atoms with Crippen LogP contribution >= 0.6 is 0 Å². The zero-order chi connectivity index (χ0) is 38.1. The Morgan fingerprint density at radius 3 is 2.06 bits per heavy atom. The van der Waals surface area contributed by atoms with E-state index in [1.807, 2.05) is 0 Å². The normalized spacial score (nSPS) is 38.6. The summed E-state index contributed by atoms with van der Waals surface area (Å²) in [6, 6.07) is 3.91. The molecule has 2 aromatic rings. The molecule has 53 heavy (non-hydrogen) atoms. The fourth-order valence-electron chi connectivity index (χ4n) is 8.40. The molecule has 3 saturated heterocycles. The van der Waals surface area contributed by atoms with Crippen molar-refractivity contribution in [3.8, 4) is 17.2 Å². The van der Waals surface area contributed by atoms with Crippen LogP contribution in [0.5, 0.6) is 17.2 Å². The molecule has 0 saturated carbocycles. The van der Waals surface area contributed by atoms with E-state index in [2.05, 4.69) is 0 Å². The molecule has 15 heteroatoms. The van der Waals surface area contributed by atoms with Gasteiger partial charge in [0, 0.05) is 42.4 Å². The maximum atomic E-state index is 13.7. The lowest BCUT2D eigenvalue weighted by Crippen LogP contribution is -2.53. The minimum atomic E-state index is -1.85. The molecule has 7 N–H and O–H groups in total. The zero-order valence-electron chi connectivity index (χ0n) is 30.0. The molecule has 15 nitrogen and oxygen atoms in total. The average Bonchev–Trinajstić information content (AvgIpc) is 3.11. The van der Waals surface area contributed by atoms with E-state index in [1.54, 1.807) is 27.7 Å². The highest BCUT2D eigenvalue weighted by Gasteiger charge is 2.51. The molecule has 2 aromatic carbocycles. The Labute approximate surface area is 306 Å². The van der Waals surface area contributed by atoms with Crippen molar-refractivity contribution in [1.82, 2.24) is 0 Å². The number of hydrogen-bond donors (Lipinski definition) is 7. The highest BCUT2D eigenvalue weighted by atomic mass is 16.7. The molecule has 13 atom stereocenters. The molecule has 0 spiro atoms. The van der Waals surface area contributed by atoms with Gasteiger partial charge in [-0.15, -0.1) is 0 Å². The molecule has 3 heterocycles. The van der Waals surface area contributed by atoms with E-state index in [1.165, 1.54) is 18.2 Å². The molecule has 7 rings (SSSR count). The van der Waals surface area contributed by atoms with Gasteiger partial charge in [0.05, 0.1) is 65.0 Å². The Kier molecular flexibility index (Phi) is 10.4. The third-order valence-electron chi connectivity index (χ3n) is 11.5. The molecule has 3 aliphatic heterocycles. The van der Waals surface area contributed by atoms with Crippen LogP contribution in [0.15, 0.2) is 18.2 Å². The molecule has 2 aliphatic carbocycles. The van der Waals surface area contributed by atoms with Crippen LogP contribution in [0.1, 0.15) is 128 Å². The Hall–Kier alpha value is -3.22. The number of ketones is 2. The molecule has 0 amide bonds. The predicted octanol–water partition coefficient (Wildman–Crippen LogP) is 2.89. The van der Waals surface area contributed by atoms with Gasteiger partial charge in [0.15, 0.2) is 24.7 Å². The predicted molar refractivity (Wildman–Crippen MR) is 181 cm³/mol. The van der Waals surface area contributed by atoms with Crippen molar-refractivity contribution in [3.63, 3.8) is 0 Å². The Morgan fingerprint density at radius 2 is 1.38 bits per heavy atom. The highest BCUT2D eigenvalue weighted by Crippen LogP contribution is 2.56. The summed E-state index contributed by atoms with van der Waals surface area (Å²) < 4.78 is 36.7. The van der Waals surface area contributed by atoms with Gasteiger partial charge in [0.1, 0.15) is 29.5 Å². The van der Waals surface area contributed by atoms with Crippen LogP contribution in [-0.2, 0) is 28.4 Å². The minimum Gasteiger partial charge on any atom is -0.507 e. The molecule has 13 unspecified atom stereocenters. The fourth-order valence-corrected chi connectivity index (χ4v) is 8.40. The monoisotopic (exact) mass is 744 g/mol. The second kappa shape index (κ2) is 14.5. The summed E-state index contributed by atoms with van der Waals surface area (Å²) in [4.78, 5) is 27.3. The van der Waals surface area contributed by atoms with Gasteiger partial charge < -0.3 is 64.2 Å². The van der Waals surface area contributed by atoms with Crippen LogP contribution in [0.3, 0.4) is 0 Å². The van der Waals surface area contributed by atoms with Crippen molar-refractivity contribution < 1.29 is 73.8 Å². The van der Waals surface area contributed by atoms with Gasteiger partial charge in [0.25, 0.3) is 0 Å². The first-order valence-corrected chi connectivity index (χ1v) is 18.4. The van der Waals surface area contributed by atoms with Crippen LogP contribution in [0, 0.1) is 0 Å². The second-order valence-electron chi connectivity index (χ2n) is 14.9. The third kappa shape index (κ3) is 6.64. The summed E-state index contributed by atoms with van der Waals surface area (Å²) in [5.41, 5.74) is -3.92. The SMILES string of the molecule is CCC1(O)CC(OC2CCC(OC3CC(O)C(OC4CCC(O)C(C)O4)C(C)O3)C(C)O2)c2c(O)c3c(c(O)c2C1O)C(=O)c1cccc(O)c1C3=O. The van der Waals surface area contributed by atoms with Gasteiger partial charge in [-0.25, -0.2) is 0 Å². The Balaban J connectivity index is 1.06. The van der Waals surface area contributed by atoms with Crippen molar-refractivity contribution >= 4 is 11.6 Å². The minimum absolute atomic E-state index is 0.0136. The molecular weight excluding hydrogens is 696 g/mol. The van der Waals surface area contributed by atoms with Crippen LogP contribution in [0.2, 0.25) is 0 Å². The average molecular weight is 745 g/mol. The van der Waals surface area contributed by atoms with E-state index >= 15 is 0 Å². The van der Waals surface area contributed by atoms with Gasteiger partial charge >= 0.3 is 0 Å². The number of aliphatic hydroxyl groups excluding tert-OH is 3. The number of fused-ring (bicyclic) bond motifs is 3. The molecule has 5 aliphatic rings. The standard InChI is InChI=1S/C38H48O15/c1-5-38(47)14-23(28-31(37(38)46)35(45)29-30(34(28)44)33(43)27-18(32(29)42)7-6-8-20(27)40)52-24-12-10-22(16(3)49-24)51-26-13-21(41)36(17(4)50-26)53-25-11-9-19(39)15(2)48-25/h6-8,15-17,19,21-26,36-37,39-41,44-47H,5,9-14H2,1-4H3. The molecule has 0 bridgehead atoms. The first-order valence-electron chi connectivity index (χ1n) is 18.4. The van der Waals surface area contributed by atoms with Crippen LogP contribution < -0.4 is 0 Å². The molecular formula is C38H48O15. The molecule has 3 fully saturated rings. The van der Waals surface area contributed by atoms with Gasteiger partial charge in [-0.05, 0) is 46.1 Å². The number of carbonyl (C=O) groups excluding carboxylic acids is 2. The smallest absolute Gasteiger partial charge is 0.202 e. The number of carbonyl (C=O) groups is 2. The molecule has 0 radical (unpaired) electrons. The van der Waals surface area contributed by atoms with Crippen LogP contribution in [-0.4, -0.2) is 115 Å². The number of phenols is 3. The first kappa shape index (κ1) is 38.1. The van der Waals surface area contributed by atoms with E-state index in [9.17, 15) is 45.3 Å². The molecule has 290 valence electrons. The first-order chi connectivity index (χ1) is 25.1.